The van der Waals surface area contributed by atoms with Gasteiger partial charge in [0, 0.05) is 18.1 Å². The minimum atomic E-state index is -0.641. The second kappa shape index (κ2) is 11.0. The topological polar surface area (TPSA) is 58.6 Å². The standard InChI is InChI=1S/C24H31ClN2O3/c1-16(2)13-26-24(29)19(5)27(14-20-7-6-8-21(25)12-20)23(28)15-30-22-10-9-17(3)11-18(22)4/h6-12,16,19H,13-15H2,1-5H3,(H,26,29)/t19-/m0/s1. The molecule has 2 rings (SSSR count). The van der Waals surface area contributed by atoms with Gasteiger partial charge in [0.05, 0.1) is 0 Å². The molecule has 162 valence electrons. The molecule has 2 amide bonds. The highest BCUT2D eigenvalue weighted by atomic mass is 35.5. The van der Waals surface area contributed by atoms with E-state index < -0.39 is 6.04 Å². The molecule has 2 aromatic rings. The zero-order valence-electron chi connectivity index (χ0n) is 18.4. The summed E-state index contributed by atoms with van der Waals surface area (Å²) in [7, 11) is 0. The van der Waals surface area contributed by atoms with Crippen LogP contribution in [0.5, 0.6) is 5.75 Å². The first-order chi connectivity index (χ1) is 14.2. The number of hydrogen-bond acceptors (Lipinski definition) is 3. The van der Waals surface area contributed by atoms with Crippen LogP contribution in [0.15, 0.2) is 42.5 Å². The maximum absolute atomic E-state index is 13.1. The Bertz CT molecular complexity index is 883. The molecule has 0 saturated carbocycles. The number of carbonyl (C=O) groups excluding carboxylic acids is 2. The van der Waals surface area contributed by atoms with Gasteiger partial charge in [-0.2, -0.15) is 0 Å². The molecule has 0 heterocycles. The highest BCUT2D eigenvalue weighted by Crippen LogP contribution is 2.20. The van der Waals surface area contributed by atoms with E-state index in [2.05, 4.69) is 5.32 Å². The zero-order chi connectivity index (χ0) is 22.3. The van der Waals surface area contributed by atoms with Crippen LogP contribution < -0.4 is 10.1 Å². The Morgan fingerprint density at radius 3 is 2.47 bits per heavy atom. The molecule has 2 aromatic carbocycles. The van der Waals surface area contributed by atoms with E-state index in [0.717, 1.165) is 16.7 Å². The van der Waals surface area contributed by atoms with Crippen molar-refractivity contribution < 1.29 is 14.3 Å². The summed E-state index contributed by atoms with van der Waals surface area (Å²) in [5.74, 6) is 0.535. The quantitative estimate of drug-likeness (QED) is 0.636. The summed E-state index contributed by atoms with van der Waals surface area (Å²) in [5, 5.41) is 3.49. The van der Waals surface area contributed by atoms with Crippen LogP contribution in [-0.2, 0) is 16.1 Å². The predicted molar refractivity (Wildman–Crippen MR) is 121 cm³/mol. The van der Waals surface area contributed by atoms with Crippen molar-refractivity contribution in [3.8, 4) is 5.75 Å². The van der Waals surface area contributed by atoms with Gasteiger partial charge in [0.1, 0.15) is 11.8 Å². The average molecular weight is 431 g/mol. The van der Waals surface area contributed by atoms with E-state index >= 15 is 0 Å². The molecule has 0 bridgehead atoms. The second-order valence-corrected chi connectivity index (χ2v) is 8.46. The van der Waals surface area contributed by atoms with Crippen molar-refractivity contribution in [3.05, 3.63) is 64.2 Å². The van der Waals surface area contributed by atoms with Crippen LogP contribution in [0.4, 0.5) is 0 Å². The van der Waals surface area contributed by atoms with Crippen molar-refractivity contribution in [2.75, 3.05) is 13.2 Å². The van der Waals surface area contributed by atoms with E-state index in [9.17, 15) is 9.59 Å². The molecule has 0 radical (unpaired) electrons. The van der Waals surface area contributed by atoms with Crippen LogP contribution in [0.25, 0.3) is 0 Å². The molecule has 0 fully saturated rings. The first-order valence-electron chi connectivity index (χ1n) is 10.2. The molecular weight excluding hydrogens is 400 g/mol. The monoisotopic (exact) mass is 430 g/mol. The summed E-state index contributed by atoms with van der Waals surface area (Å²) in [5.41, 5.74) is 2.95. The molecule has 0 saturated heterocycles. The van der Waals surface area contributed by atoms with Crippen molar-refractivity contribution in [3.63, 3.8) is 0 Å². The number of amides is 2. The highest BCUT2D eigenvalue weighted by Gasteiger charge is 2.26. The lowest BCUT2D eigenvalue weighted by molar-refractivity contribution is -0.142. The van der Waals surface area contributed by atoms with Gasteiger partial charge in [-0.1, -0.05) is 55.3 Å². The van der Waals surface area contributed by atoms with Crippen LogP contribution in [0.1, 0.15) is 37.5 Å². The highest BCUT2D eigenvalue weighted by molar-refractivity contribution is 6.30. The van der Waals surface area contributed by atoms with Crippen LogP contribution >= 0.6 is 11.6 Å². The van der Waals surface area contributed by atoms with Gasteiger partial charge < -0.3 is 15.0 Å². The molecule has 0 spiro atoms. The average Bonchev–Trinajstić information content (AvgIpc) is 2.68. The van der Waals surface area contributed by atoms with Gasteiger partial charge in [-0.3, -0.25) is 9.59 Å². The Morgan fingerprint density at radius 1 is 1.10 bits per heavy atom. The van der Waals surface area contributed by atoms with Crippen LogP contribution in [0.2, 0.25) is 5.02 Å². The Morgan fingerprint density at radius 2 is 1.83 bits per heavy atom. The van der Waals surface area contributed by atoms with Crippen molar-refractivity contribution in [2.45, 2.75) is 47.2 Å². The molecule has 5 nitrogen and oxygen atoms in total. The van der Waals surface area contributed by atoms with E-state index in [4.69, 9.17) is 16.3 Å². The van der Waals surface area contributed by atoms with Gasteiger partial charge in [-0.05, 0) is 56.0 Å². The van der Waals surface area contributed by atoms with Crippen molar-refractivity contribution in [1.29, 1.82) is 0 Å². The Hall–Kier alpha value is -2.53. The molecule has 0 aromatic heterocycles. The number of aryl methyl sites for hydroxylation is 2. The Labute approximate surface area is 184 Å². The third-order valence-electron chi connectivity index (χ3n) is 4.78. The lowest BCUT2D eigenvalue weighted by Crippen LogP contribution is -2.49. The Balaban J connectivity index is 2.15. The minimum Gasteiger partial charge on any atom is -0.483 e. The fraction of sp³-hybridized carbons (Fsp3) is 0.417. The number of nitrogens with one attached hydrogen (secondary N) is 1. The van der Waals surface area contributed by atoms with E-state index in [1.54, 1.807) is 19.1 Å². The number of nitrogens with zero attached hydrogens (tertiary/aromatic N) is 1. The molecule has 1 atom stereocenters. The second-order valence-electron chi connectivity index (χ2n) is 8.02. The van der Waals surface area contributed by atoms with Crippen molar-refractivity contribution in [2.24, 2.45) is 5.92 Å². The molecule has 0 aliphatic rings. The summed E-state index contributed by atoms with van der Waals surface area (Å²) in [4.78, 5) is 27.2. The zero-order valence-corrected chi connectivity index (χ0v) is 19.1. The first-order valence-corrected chi connectivity index (χ1v) is 10.6. The van der Waals surface area contributed by atoms with Crippen molar-refractivity contribution in [1.82, 2.24) is 10.2 Å². The maximum Gasteiger partial charge on any atom is 0.261 e. The van der Waals surface area contributed by atoms with E-state index in [-0.39, 0.29) is 25.0 Å². The number of carbonyl (C=O) groups is 2. The SMILES string of the molecule is Cc1ccc(OCC(=O)N(Cc2cccc(Cl)c2)[C@@H](C)C(=O)NCC(C)C)c(C)c1. The smallest absolute Gasteiger partial charge is 0.261 e. The number of hydrogen-bond donors (Lipinski definition) is 1. The minimum absolute atomic E-state index is 0.147. The van der Waals surface area contributed by atoms with E-state index in [0.29, 0.717) is 23.2 Å². The van der Waals surface area contributed by atoms with E-state index in [1.807, 2.05) is 58.0 Å². The van der Waals surface area contributed by atoms with Crippen LogP contribution in [-0.4, -0.2) is 35.9 Å². The maximum atomic E-state index is 13.1. The number of halogens is 1. The third kappa shape index (κ3) is 7.06. The number of rotatable bonds is 9. The van der Waals surface area contributed by atoms with Crippen LogP contribution in [0.3, 0.4) is 0 Å². The number of benzene rings is 2. The first kappa shape index (κ1) is 23.7. The predicted octanol–water partition coefficient (Wildman–Crippen LogP) is 4.53. The van der Waals surface area contributed by atoms with Crippen molar-refractivity contribution >= 4 is 23.4 Å². The molecule has 30 heavy (non-hydrogen) atoms. The lowest BCUT2D eigenvalue weighted by Gasteiger charge is -2.29. The lowest BCUT2D eigenvalue weighted by atomic mass is 10.1. The van der Waals surface area contributed by atoms with Gasteiger partial charge in [0.15, 0.2) is 6.61 Å². The van der Waals surface area contributed by atoms with Gasteiger partial charge in [-0.15, -0.1) is 0 Å². The van der Waals surface area contributed by atoms with Gasteiger partial charge >= 0.3 is 0 Å². The summed E-state index contributed by atoms with van der Waals surface area (Å²) < 4.78 is 5.78. The molecule has 0 aliphatic carbocycles. The summed E-state index contributed by atoms with van der Waals surface area (Å²) >= 11 is 6.10. The fourth-order valence-corrected chi connectivity index (χ4v) is 3.26. The molecule has 1 N–H and O–H groups in total. The molecular formula is C24H31ClN2O3. The van der Waals surface area contributed by atoms with E-state index in [1.165, 1.54) is 4.90 Å². The van der Waals surface area contributed by atoms with Gasteiger partial charge in [0.2, 0.25) is 5.91 Å². The largest absolute Gasteiger partial charge is 0.483 e. The summed E-state index contributed by atoms with van der Waals surface area (Å²) in [6.07, 6.45) is 0. The molecule has 0 unspecified atom stereocenters. The molecule has 6 heteroatoms. The molecule has 0 aliphatic heterocycles. The Kier molecular flexibility index (Phi) is 8.72. The fourth-order valence-electron chi connectivity index (χ4n) is 3.05. The normalized spacial score (nSPS) is 11.8. The third-order valence-corrected chi connectivity index (χ3v) is 5.01. The number of ether oxygens (including phenoxy) is 1. The van der Waals surface area contributed by atoms with Gasteiger partial charge in [-0.25, -0.2) is 0 Å². The summed E-state index contributed by atoms with van der Waals surface area (Å²) in [6, 6.07) is 12.5. The summed E-state index contributed by atoms with van der Waals surface area (Å²) in [6.45, 7) is 10.4. The van der Waals surface area contributed by atoms with Gasteiger partial charge in [0.25, 0.3) is 5.91 Å². The van der Waals surface area contributed by atoms with Crippen LogP contribution in [0, 0.1) is 19.8 Å².